The lowest BCUT2D eigenvalue weighted by atomic mass is 10.2. The first kappa shape index (κ1) is 19.1. The van der Waals surface area contributed by atoms with Crippen LogP contribution in [0.25, 0.3) is 5.69 Å². The summed E-state index contributed by atoms with van der Waals surface area (Å²) in [6.07, 6.45) is 3.33. The van der Waals surface area contributed by atoms with Crippen molar-refractivity contribution in [3.05, 3.63) is 48.4 Å². The van der Waals surface area contributed by atoms with Crippen LogP contribution in [0.5, 0.6) is 5.75 Å². The highest BCUT2D eigenvalue weighted by atomic mass is 32.2. The van der Waals surface area contributed by atoms with E-state index in [-0.39, 0.29) is 22.5 Å². The zero-order valence-electron chi connectivity index (χ0n) is 15.4. The minimum absolute atomic E-state index is 0.00607. The summed E-state index contributed by atoms with van der Waals surface area (Å²) in [4.78, 5) is 4.23. The first-order valence-corrected chi connectivity index (χ1v) is 9.84. The molecule has 0 aliphatic rings. The monoisotopic (exact) mass is 391 g/mol. The topological polar surface area (TPSA) is 112 Å². The predicted molar refractivity (Wildman–Crippen MR) is 97.2 cm³/mol. The van der Waals surface area contributed by atoms with Gasteiger partial charge in [0.25, 0.3) is 0 Å². The summed E-state index contributed by atoms with van der Waals surface area (Å²) in [6, 6.07) is 5.85. The molecule has 0 saturated heterocycles. The van der Waals surface area contributed by atoms with Gasteiger partial charge in [-0.2, -0.15) is 14.8 Å². The van der Waals surface area contributed by atoms with Crippen molar-refractivity contribution in [3.63, 3.8) is 0 Å². The van der Waals surface area contributed by atoms with Crippen LogP contribution in [-0.2, 0) is 10.0 Å². The van der Waals surface area contributed by atoms with Crippen LogP contribution in [0.1, 0.15) is 44.4 Å². The molecule has 0 spiro atoms. The zero-order valence-corrected chi connectivity index (χ0v) is 16.3. The van der Waals surface area contributed by atoms with Crippen molar-refractivity contribution in [1.82, 2.24) is 24.6 Å². The Morgan fingerprint density at radius 2 is 2.04 bits per heavy atom. The number of sulfonamides is 1. The lowest BCUT2D eigenvalue weighted by Gasteiger charge is -2.14. The number of aromatic nitrogens is 4. The van der Waals surface area contributed by atoms with Crippen LogP contribution in [0.3, 0.4) is 0 Å². The molecule has 144 valence electrons. The summed E-state index contributed by atoms with van der Waals surface area (Å²) >= 11 is 0. The van der Waals surface area contributed by atoms with Crippen molar-refractivity contribution in [1.29, 1.82) is 0 Å². The summed E-state index contributed by atoms with van der Waals surface area (Å²) in [5, 5.41) is 7.98. The van der Waals surface area contributed by atoms with E-state index in [1.165, 1.54) is 13.2 Å². The molecule has 2 heterocycles. The number of benzene rings is 1. The maximum atomic E-state index is 12.9. The Morgan fingerprint density at radius 3 is 2.63 bits per heavy atom. The van der Waals surface area contributed by atoms with E-state index in [1.807, 2.05) is 13.8 Å². The molecule has 0 bridgehead atoms. The Balaban J connectivity index is 1.92. The lowest BCUT2D eigenvalue weighted by Crippen LogP contribution is -2.27. The van der Waals surface area contributed by atoms with Gasteiger partial charge in [0.15, 0.2) is 5.82 Å². The first-order valence-electron chi connectivity index (χ1n) is 8.35. The van der Waals surface area contributed by atoms with Crippen LogP contribution in [0.15, 0.2) is 46.1 Å². The highest BCUT2D eigenvalue weighted by molar-refractivity contribution is 7.89. The van der Waals surface area contributed by atoms with Gasteiger partial charge in [-0.1, -0.05) is 19.0 Å². The van der Waals surface area contributed by atoms with E-state index in [2.05, 4.69) is 20.0 Å². The molecule has 1 unspecified atom stereocenters. The Morgan fingerprint density at radius 1 is 1.26 bits per heavy atom. The van der Waals surface area contributed by atoms with E-state index in [0.29, 0.717) is 11.5 Å². The van der Waals surface area contributed by atoms with Gasteiger partial charge in [-0.05, 0) is 31.2 Å². The van der Waals surface area contributed by atoms with Crippen molar-refractivity contribution in [2.75, 3.05) is 7.11 Å². The van der Waals surface area contributed by atoms with Crippen LogP contribution >= 0.6 is 0 Å². The van der Waals surface area contributed by atoms with Gasteiger partial charge in [-0.3, -0.25) is 0 Å². The molecule has 0 aliphatic carbocycles. The number of nitrogens with one attached hydrogen (secondary N) is 1. The molecule has 0 fully saturated rings. The van der Waals surface area contributed by atoms with Crippen LogP contribution in [0.2, 0.25) is 0 Å². The number of hydrogen-bond donors (Lipinski definition) is 1. The predicted octanol–water partition coefficient (Wildman–Crippen LogP) is 2.43. The quantitative estimate of drug-likeness (QED) is 0.658. The number of methoxy groups -OCH3 is 1. The number of ether oxygens (including phenoxy) is 1. The van der Waals surface area contributed by atoms with Gasteiger partial charge < -0.3 is 9.26 Å². The normalized spacial score (nSPS) is 13.1. The SMILES string of the molecule is COc1ccc(-n2cccn2)cc1S(=O)(=O)NC(C)c1nc(C(C)C)no1. The number of rotatable bonds is 7. The third-order valence-electron chi connectivity index (χ3n) is 3.88. The largest absolute Gasteiger partial charge is 0.495 e. The molecular weight excluding hydrogens is 370 g/mol. The summed E-state index contributed by atoms with van der Waals surface area (Å²) in [5.41, 5.74) is 0.591. The van der Waals surface area contributed by atoms with Gasteiger partial charge >= 0.3 is 0 Å². The first-order chi connectivity index (χ1) is 12.8. The van der Waals surface area contributed by atoms with Gasteiger partial charge in [0.2, 0.25) is 15.9 Å². The number of hydrogen-bond acceptors (Lipinski definition) is 7. The average Bonchev–Trinajstić information content (AvgIpc) is 3.32. The second kappa shape index (κ2) is 7.49. The molecule has 0 saturated carbocycles. The van der Waals surface area contributed by atoms with Crippen LogP contribution in [0, 0.1) is 0 Å². The summed E-state index contributed by atoms with van der Waals surface area (Å²) in [7, 11) is -2.50. The molecule has 0 amide bonds. The maximum Gasteiger partial charge on any atom is 0.245 e. The minimum Gasteiger partial charge on any atom is -0.495 e. The van der Waals surface area contributed by atoms with E-state index in [1.54, 1.807) is 42.2 Å². The third-order valence-corrected chi connectivity index (χ3v) is 5.44. The fourth-order valence-electron chi connectivity index (χ4n) is 2.44. The van der Waals surface area contributed by atoms with Gasteiger partial charge in [-0.25, -0.2) is 13.1 Å². The molecule has 9 nitrogen and oxygen atoms in total. The summed E-state index contributed by atoms with van der Waals surface area (Å²) in [6.45, 7) is 5.49. The van der Waals surface area contributed by atoms with E-state index in [4.69, 9.17) is 9.26 Å². The molecule has 2 aromatic heterocycles. The Labute approximate surface area is 157 Å². The zero-order chi connectivity index (χ0) is 19.6. The Bertz CT molecular complexity index is 1010. The fraction of sp³-hybridized carbons (Fsp3) is 0.353. The third kappa shape index (κ3) is 4.01. The number of nitrogens with zero attached hydrogens (tertiary/aromatic N) is 4. The van der Waals surface area contributed by atoms with Crippen molar-refractivity contribution in [2.45, 2.75) is 37.6 Å². The fourth-order valence-corrected chi connectivity index (χ4v) is 3.83. The van der Waals surface area contributed by atoms with Gasteiger partial charge in [0, 0.05) is 18.3 Å². The molecule has 1 atom stereocenters. The van der Waals surface area contributed by atoms with Gasteiger partial charge in [0.1, 0.15) is 10.6 Å². The second-order valence-electron chi connectivity index (χ2n) is 6.27. The highest BCUT2D eigenvalue weighted by Crippen LogP contribution is 2.27. The van der Waals surface area contributed by atoms with Crippen LogP contribution in [-0.4, -0.2) is 35.4 Å². The standard InChI is InChI=1S/C17H21N5O4S/c1-11(2)16-19-17(26-20-16)12(3)21-27(23,24)15-10-13(6-7-14(15)25-4)22-9-5-8-18-22/h5-12,21H,1-4H3. The molecular formula is C17H21N5O4S. The van der Waals surface area contributed by atoms with Crippen molar-refractivity contribution in [2.24, 2.45) is 0 Å². The van der Waals surface area contributed by atoms with E-state index in [9.17, 15) is 8.42 Å². The van der Waals surface area contributed by atoms with Crippen molar-refractivity contribution in [3.8, 4) is 11.4 Å². The molecule has 10 heteroatoms. The molecule has 1 N–H and O–H groups in total. The lowest BCUT2D eigenvalue weighted by molar-refractivity contribution is 0.348. The van der Waals surface area contributed by atoms with Crippen LogP contribution < -0.4 is 9.46 Å². The smallest absolute Gasteiger partial charge is 0.245 e. The van der Waals surface area contributed by atoms with E-state index in [0.717, 1.165) is 0 Å². The second-order valence-corrected chi connectivity index (χ2v) is 7.96. The Hall–Kier alpha value is -2.72. The molecule has 27 heavy (non-hydrogen) atoms. The summed E-state index contributed by atoms with van der Waals surface area (Å²) in [5.74, 6) is 1.02. The van der Waals surface area contributed by atoms with E-state index >= 15 is 0 Å². The molecule has 3 rings (SSSR count). The molecule has 1 aromatic carbocycles. The minimum atomic E-state index is -3.92. The summed E-state index contributed by atoms with van der Waals surface area (Å²) < 4.78 is 40.4. The molecule has 0 radical (unpaired) electrons. The van der Waals surface area contributed by atoms with Gasteiger partial charge in [0.05, 0.1) is 18.8 Å². The average molecular weight is 391 g/mol. The van der Waals surface area contributed by atoms with Crippen molar-refractivity contribution < 1.29 is 17.7 Å². The highest BCUT2D eigenvalue weighted by Gasteiger charge is 2.26. The van der Waals surface area contributed by atoms with Crippen LogP contribution in [0.4, 0.5) is 0 Å². The molecule has 3 aromatic rings. The van der Waals surface area contributed by atoms with Gasteiger partial charge in [-0.15, -0.1) is 0 Å². The van der Waals surface area contributed by atoms with E-state index < -0.39 is 16.1 Å². The molecule has 0 aliphatic heterocycles. The maximum absolute atomic E-state index is 12.9. The van der Waals surface area contributed by atoms with Crippen molar-refractivity contribution >= 4 is 10.0 Å². The Kier molecular flexibility index (Phi) is 5.29.